The van der Waals surface area contributed by atoms with Crippen molar-refractivity contribution in [1.82, 2.24) is 9.78 Å². The Bertz CT molecular complexity index is 1080. The average molecular weight is 405 g/mol. The van der Waals surface area contributed by atoms with Crippen LogP contribution in [-0.2, 0) is 0 Å². The van der Waals surface area contributed by atoms with E-state index in [0.717, 1.165) is 17.1 Å². The molecule has 0 saturated heterocycles. The van der Waals surface area contributed by atoms with Crippen molar-refractivity contribution in [3.63, 3.8) is 0 Å². The van der Waals surface area contributed by atoms with Gasteiger partial charge in [-0.2, -0.15) is 10.2 Å². The first-order chi connectivity index (χ1) is 14.1. The number of hydrogen-bond acceptors (Lipinski definition) is 3. The summed E-state index contributed by atoms with van der Waals surface area (Å²) in [6.45, 7) is 1.86. The number of anilines is 2. The van der Waals surface area contributed by atoms with Crippen LogP contribution in [0.5, 0.6) is 0 Å². The Morgan fingerprint density at radius 3 is 2.00 bits per heavy atom. The lowest BCUT2D eigenvalue weighted by atomic mass is 10.2. The lowest BCUT2D eigenvalue weighted by molar-refractivity contribution is 0.627. The first-order valence-corrected chi connectivity index (χ1v) is 9.46. The van der Waals surface area contributed by atoms with Crippen molar-refractivity contribution in [1.29, 1.82) is 0 Å². The number of aromatic nitrogens is 2. The van der Waals surface area contributed by atoms with E-state index in [9.17, 15) is 4.39 Å². The quantitative estimate of drug-likeness (QED) is 0.295. The van der Waals surface area contributed by atoms with Gasteiger partial charge in [0.2, 0.25) is 0 Å². The van der Waals surface area contributed by atoms with Gasteiger partial charge in [-0.05, 0) is 55.5 Å². The van der Waals surface area contributed by atoms with Gasteiger partial charge in [-0.15, -0.1) is 0 Å². The summed E-state index contributed by atoms with van der Waals surface area (Å²) in [5.41, 5.74) is 3.96. The first kappa shape index (κ1) is 18.9. The van der Waals surface area contributed by atoms with Gasteiger partial charge in [0, 0.05) is 0 Å². The molecule has 29 heavy (non-hydrogen) atoms. The maximum Gasteiger partial charge on any atom is 0.142 e. The third-order valence-electron chi connectivity index (χ3n) is 4.42. The Hall–Kier alpha value is -3.44. The number of hydrazone groups is 1. The molecular formula is C23H18ClFN4. The number of halogens is 2. The highest BCUT2D eigenvalue weighted by atomic mass is 35.5. The van der Waals surface area contributed by atoms with Crippen LogP contribution in [0.4, 0.5) is 15.8 Å². The molecule has 4 rings (SSSR count). The number of benzene rings is 3. The van der Waals surface area contributed by atoms with E-state index in [1.54, 1.807) is 23.0 Å². The Morgan fingerprint density at radius 2 is 1.45 bits per heavy atom. The van der Waals surface area contributed by atoms with E-state index in [1.165, 1.54) is 12.1 Å². The second-order valence-electron chi connectivity index (χ2n) is 6.41. The molecule has 1 heterocycles. The van der Waals surface area contributed by atoms with Gasteiger partial charge >= 0.3 is 0 Å². The molecule has 0 saturated carbocycles. The molecule has 4 aromatic rings. The van der Waals surface area contributed by atoms with E-state index >= 15 is 0 Å². The van der Waals surface area contributed by atoms with Crippen LogP contribution < -0.4 is 5.01 Å². The number of aryl methyl sites for hydroxylation is 1. The van der Waals surface area contributed by atoms with Crippen LogP contribution in [0.15, 0.2) is 90.0 Å². The minimum Gasteiger partial charge on any atom is -0.234 e. The maximum atomic E-state index is 13.2. The summed E-state index contributed by atoms with van der Waals surface area (Å²) in [6.07, 6.45) is 1.70. The lowest BCUT2D eigenvalue weighted by Gasteiger charge is -2.19. The molecule has 3 aromatic carbocycles. The molecule has 6 heteroatoms. The van der Waals surface area contributed by atoms with Crippen molar-refractivity contribution in [3.05, 3.63) is 107 Å². The van der Waals surface area contributed by atoms with Gasteiger partial charge in [0.25, 0.3) is 0 Å². The maximum absolute atomic E-state index is 13.2. The van der Waals surface area contributed by atoms with Crippen molar-refractivity contribution in [2.45, 2.75) is 6.92 Å². The summed E-state index contributed by atoms with van der Waals surface area (Å²) in [5.74, 6) is -0.308. The molecule has 0 aliphatic heterocycles. The highest BCUT2D eigenvalue weighted by molar-refractivity contribution is 6.32. The fourth-order valence-electron chi connectivity index (χ4n) is 2.95. The van der Waals surface area contributed by atoms with Gasteiger partial charge < -0.3 is 0 Å². The number of rotatable bonds is 5. The molecule has 0 N–H and O–H groups in total. The van der Waals surface area contributed by atoms with E-state index in [2.05, 4.69) is 10.2 Å². The van der Waals surface area contributed by atoms with Crippen LogP contribution >= 0.6 is 11.6 Å². The van der Waals surface area contributed by atoms with Gasteiger partial charge in [0.15, 0.2) is 0 Å². The first-order valence-electron chi connectivity index (χ1n) is 9.09. The Morgan fingerprint density at radius 1 is 0.897 bits per heavy atom. The molecule has 0 atom stereocenters. The van der Waals surface area contributed by atoms with Crippen LogP contribution in [0.1, 0.15) is 11.3 Å². The van der Waals surface area contributed by atoms with E-state index in [4.69, 9.17) is 11.6 Å². The molecule has 4 nitrogen and oxygen atoms in total. The SMILES string of the molecule is Cc1nn(-c2ccc(F)cc2)c(Cl)c1/C=N\N(c1ccccc1)c1ccccc1. The van der Waals surface area contributed by atoms with Crippen LogP contribution in [0.2, 0.25) is 5.15 Å². The van der Waals surface area contributed by atoms with E-state index in [-0.39, 0.29) is 5.82 Å². The van der Waals surface area contributed by atoms with Gasteiger partial charge in [0.1, 0.15) is 11.0 Å². The molecule has 1 aromatic heterocycles. The Balaban J connectivity index is 1.72. The van der Waals surface area contributed by atoms with E-state index < -0.39 is 0 Å². The summed E-state index contributed by atoms with van der Waals surface area (Å²) >= 11 is 6.58. The molecule has 0 amide bonds. The largest absolute Gasteiger partial charge is 0.234 e. The normalized spacial score (nSPS) is 11.1. The highest BCUT2D eigenvalue weighted by Gasteiger charge is 2.14. The molecular weight excluding hydrogens is 387 g/mol. The number of hydrogen-bond donors (Lipinski definition) is 0. The van der Waals surface area contributed by atoms with Gasteiger partial charge in [-0.3, -0.25) is 0 Å². The number of para-hydroxylation sites is 2. The van der Waals surface area contributed by atoms with Crippen LogP contribution in [0.25, 0.3) is 5.69 Å². The van der Waals surface area contributed by atoms with Gasteiger partial charge in [0.05, 0.1) is 34.5 Å². The molecule has 0 aliphatic rings. The van der Waals surface area contributed by atoms with Crippen molar-refractivity contribution in [3.8, 4) is 5.69 Å². The molecule has 0 radical (unpaired) electrons. The predicted molar refractivity (Wildman–Crippen MR) is 116 cm³/mol. The van der Waals surface area contributed by atoms with Crippen LogP contribution in [0, 0.1) is 12.7 Å². The Kier molecular flexibility index (Phi) is 5.40. The highest BCUT2D eigenvalue weighted by Crippen LogP contribution is 2.27. The monoisotopic (exact) mass is 404 g/mol. The van der Waals surface area contributed by atoms with E-state index in [0.29, 0.717) is 16.4 Å². The summed E-state index contributed by atoms with van der Waals surface area (Å²) < 4.78 is 14.8. The van der Waals surface area contributed by atoms with Crippen molar-refractivity contribution < 1.29 is 4.39 Å². The number of nitrogens with zero attached hydrogens (tertiary/aromatic N) is 4. The standard InChI is InChI=1S/C23H18ClFN4/c1-17-22(23(24)29(27-17)21-14-12-18(25)13-15-21)16-26-28(19-8-4-2-5-9-19)20-10-6-3-7-11-20/h2-16H,1H3/b26-16-. The Labute approximate surface area is 173 Å². The fraction of sp³-hybridized carbons (Fsp3) is 0.0435. The zero-order chi connectivity index (χ0) is 20.2. The molecule has 0 unspecified atom stereocenters. The van der Waals surface area contributed by atoms with Crippen LogP contribution in [0.3, 0.4) is 0 Å². The van der Waals surface area contributed by atoms with Gasteiger partial charge in [-0.25, -0.2) is 14.1 Å². The molecule has 144 valence electrons. The lowest BCUT2D eigenvalue weighted by Crippen LogP contribution is -2.09. The third-order valence-corrected chi connectivity index (χ3v) is 4.79. The summed E-state index contributed by atoms with van der Waals surface area (Å²) in [6, 6.07) is 25.8. The second-order valence-corrected chi connectivity index (χ2v) is 6.76. The molecule has 0 spiro atoms. The smallest absolute Gasteiger partial charge is 0.142 e. The predicted octanol–water partition coefficient (Wildman–Crippen LogP) is 6.15. The minimum absolute atomic E-state index is 0.308. The summed E-state index contributed by atoms with van der Waals surface area (Å²) in [5, 5.41) is 11.4. The summed E-state index contributed by atoms with van der Waals surface area (Å²) in [4.78, 5) is 0. The topological polar surface area (TPSA) is 33.4 Å². The van der Waals surface area contributed by atoms with Crippen molar-refractivity contribution in [2.75, 3.05) is 5.01 Å². The summed E-state index contributed by atoms with van der Waals surface area (Å²) in [7, 11) is 0. The minimum atomic E-state index is -0.308. The third kappa shape index (κ3) is 4.05. The zero-order valence-corrected chi connectivity index (χ0v) is 16.5. The van der Waals surface area contributed by atoms with Crippen LogP contribution in [-0.4, -0.2) is 16.0 Å². The second kappa shape index (κ2) is 8.29. The van der Waals surface area contributed by atoms with Crippen molar-refractivity contribution >= 4 is 29.2 Å². The van der Waals surface area contributed by atoms with E-state index in [1.807, 2.05) is 72.6 Å². The van der Waals surface area contributed by atoms with Gasteiger partial charge in [-0.1, -0.05) is 48.0 Å². The molecule has 0 aliphatic carbocycles. The zero-order valence-electron chi connectivity index (χ0n) is 15.7. The molecule has 0 bridgehead atoms. The fourth-order valence-corrected chi connectivity index (χ4v) is 3.27. The van der Waals surface area contributed by atoms with Crippen molar-refractivity contribution in [2.24, 2.45) is 5.10 Å². The molecule has 0 fully saturated rings. The average Bonchev–Trinajstić information content (AvgIpc) is 3.04.